The highest BCUT2D eigenvalue weighted by molar-refractivity contribution is 7.99. The van der Waals surface area contributed by atoms with Crippen molar-refractivity contribution in [1.82, 2.24) is 9.97 Å². The highest BCUT2D eigenvalue weighted by atomic mass is 35.5. The van der Waals surface area contributed by atoms with Crippen LogP contribution in [-0.4, -0.2) is 16.5 Å². The van der Waals surface area contributed by atoms with Gasteiger partial charge in [-0.1, -0.05) is 41.7 Å². The largest absolute Gasteiger partial charge is 0.369 e. The Kier molecular flexibility index (Phi) is 5.78. The molecule has 0 aliphatic carbocycles. The summed E-state index contributed by atoms with van der Waals surface area (Å²) in [5, 5.41) is 5.98. The number of nitrogens with one attached hydrogen (secondary N) is 1. The van der Waals surface area contributed by atoms with E-state index in [0.717, 1.165) is 13.0 Å². The van der Waals surface area contributed by atoms with E-state index in [2.05, 4.69) is 22.2 Å². The second-order valence-electron chi connectivity index (χ2n) is 3.92. The maximum Gasteiger partial charge on any atom is 0.146 e. The summed E-state index contributed by atoms with van der Waals surface area (Å²) < 4.78 is 0. The maximum atomic E-state index is 6.17. The van der Waals surface area contributed by atoms with E-state index in [1.54, 1.807) is 24.4 Å². The molecule has 1 N–H and O–H groups in total. The first-order chi connectivity index (χ1) is 9.61. The van der Waals surface area contributed by atoms with E-state index in [-0.39, 0.29) is 0 Å². The second kappa shape index (κ2) is 7.36. The molecule has 3 nitrogen and oxygen atoms in total. The topological polar surface area (TPSA) is 37.8 Å². The number of rotatable bonds is 5. The lowest BCUT2D eigenvalue weighted by Crippen LogP contribution is -2.03. The molecule has 7 heteroatoms. The quantitative estimate of drug-likeness (QED) is 0.784. The molecule has 0 fully saturated rings. The molecule has 2 rings (SSSR count). The number of anilines is 1. The van der Waals surface area contributed by atoms with E-state index in [0.29, 0.717) is 30.9 Å². The molecule has 2 aromatic rings. The molecular weight excluding hydrogens is 337 g/mol. The van der Waals surface area contributed by atoms with Crippen LogP contribution in [0.3, 0.4) is 0 Å². The van der Waals surface area contributed by atoms with Gasteiger partial charge in [0.1, 0.15) is 15.9 Å². The van der Waals surface area contributed by atoms with Crippen LogP contribution < -0.4 is 5.32 Å². The fraction of sp³-hybridized carbons (Fsp3) is 0.231. The number of pyridine rings is 2. The normalized spacial score (nSPS) is 10.6. The van der Waals surface area contributed by atoms with Crippen LogP contribution in [-0.2, 0) is 0 Å². The third kappa shape index (κ3) is 3.92. The van der Waals surface area contributed by atoms with Crippen LogP contribution in [0.1, 0.15) is 13.3 Å². The van der Waals surface area contributed by atoms with Crippen molar-refractivity contribution in [3.63, 3.8) is 0 Å². The van der Waals surface area contributed by atoms with Crippen molar-refractivity contribution in [2.75, 3.05) is 11.9 Å². The third-order valence-corrected chi connectivity index (χ3v) is 4.49. The number of aromatic nitrogens is 2. The molecule has 0 amide bonds. The summed E-state index contributed by atoms with van der Waals surface area (Å²) in [6, 6.07) is 5.22. The molecule has 0 saturated heterocycles. The minimum Gasteiger partial charge on any atom is -0.369 e. The van der Waals surface area contributed by atoms with Gasteiger partial charge in [0.2, 0.25) is 0 Å². The first-order valence-electron chi connectivity index (χ1n) is 6.00. The predicted molar refractivity (Wildman–Crippen MR) is 86.4 cm³/mol. The molecule has 0 aliphatic heterocycles. The van der Waals surface area contributed by atoms with Crippen molar-refractivity contribution < 1.29 is 0 Å². The van der Waals surface area contributed by atoms with Gasteiger partial charge < -0.3 is 5.32 Å². The Labute approximate surface area is 137 Å². The van der Waals surface area contributed by atoms with Crippen LogP contribution in [0, 0.1) is 0 Å². The van der Waals surface area contributed by atoms with Gasteiger partial charge in [0.25, 0.3) is 0 Å². The van der Waals surface area contributed by atoms with E-state index in [4.69, 9.17) is 34.8 Å². The molecule has 0 saturated carbocycles. The summed E-state index contributed by atoms with van der Waals surface area (Å²) in [6.45, 7) is 2.86. The number of hydrogen-bond donors (Lipinski definition) is 1. The van der Waals surface area contributed by atoms with Gasteiger partial charge in [0, 0.05) is 12.7 Å². The van der Waals surface area contributed by atoms with Gasteiger partial charge in [-0.3, -0.25) is 0 Å². The number of halogens is 3. The smallest absolute Gasteiger partial charge is 0.146 e. The van der Waals surface area contributed by atoms with E-state index in [9.17, 15) is 0 Å². The standard InChI is InChI=1S/C13H12Cl3N3S/c1-2-5-17-11-9(15)7-10(16)13(19-11)20-12-8(14)4-3-6-18-12/h3-4,6-7H,2,5H2,1H3,(H,17,19). The summed E-state index contributed by atoms with van der Waals surface area (Å²) >= 11 is 19.7. The predicted octanol–water partition coefficient (Wildman–Crippen LogP) is 5.41. The Bertz CT molecular complexity index is 607. The molecule has 0 radical (unpaired) electrons. The summed E-state index contributed by atoms with van der Waals surface area (Å²) in [6.07, 6.45) is 2.66. The van der Waals surface area contributed by atoms with Crippen LogP contribution in [0.25, 0.3) is 0 Å². The van der Waals surface area contributed by atoms with Crippen LogP contribution in [0.2, 0.25) is 15.1 Å². The lowest BCUT2D eigenvalue weighted by molar-refractivity contribution is 0.959. The van der Waals surface area contributed by atoms with Crippen LogP contribution in [0.5, 0.6) is 0 Å². The highest BCUT2D eigenvalue weighted by Gasteiger charge is 2.12. The molecule has 20 heavy (non-hydrogen) atoms. The van der Waals surface area contributed by atoms with Crippen LogP contribution in [0.4, 0.5) is 5.82 Å². The van der Waals surface area contributed by atoms with Crippen LogP contribution in [0.15, 0.2) is 34.4 Å². The molecule has 106 valence electrons. The Morgan fingerprint density at radius 3 is 2.65 bits per heavy atom. The SMILES string of the molecule is CCCNc1nc(Sc2ncccc2Cl)c(Cl)cc1Cl. The lowest BCUT2D eigenvalue weighted by atomic mass is 10.4. The Morgan fingerprint density at radius 1 is 1.15 bits per heavy atom. The Hall–Kier alpha value is -0.680. The molecule has 0 aliphatic rings. The van der Waals surface area contributed by atoms with Gasteiger partial charge >= 0.3 is 0 Å². The van der Waals surface area contributed by atoms with Crippen LogP contribution >= 0.6 is 46.6 Å². The average molecular weight is 349 g/mol. The first kappa shape index (κ1) is 15.7. The average Bonchev–Trinajstić information content (AvgIpc) is 2.43. The maximum absolute atomic E-state index is 6.17. The Morgan fingerprint density at radius 2 is 1.95 bits per heavy atom. The zero-order valence-corrected chi connectivity index (χ0v) is 13.7. The van der Waals surface area contributed by atoms with Gasteiger partial charge in [-0.2, -0.15) is 0 Å². The Balaban J connectivity index is 2.29. The van der Waals surface area contributed by atoms with Crippen molar-refractivity contribution in [3.05, 3.63) is 39.5 Å². The molecule has 0 spiro atoms. The molecule has 0 bridgehead atoms. The van der Waals surface area contributed by atoms with Gasteiger partial charge in [-0.05, 0) is 36.4 Å². The van der Waals surface area contributed by atoms with E-state index >= 15 is 0 Å². The first-order valence-corrected chi connectivity index (χ1v) is 7.95. The highest BCUT2D eigenvalue weighted by Crippen LogP contribution is 2.37. The summed E-state index contributed by atoms with van der Waals surface area (Å²) in [4.78, 5) is 8.64. The molecule has 0 atom stereocenters. The van der Waals surface area contributed by atoms with E-state index in [1.807, 2.05) is 0 Å². The fourth-order valence-corrected chi connectivity index (χ4v) is 2.96. The van der Waals surface area contributed by atoms with E-state index in [1.165, 1.54) is 11.8 Å². The minimum absolute atomic E-state index is 0.476. The molecule has 0 aromatic carbocycles. The van der Waals surface area contributed by atoms with Gasteiger partial charge in [-0.25, -0.2) is 9.97 Å². The van der Waals surface area contributed by atoms with Gasteiger partial charge in [0.05, 0.1) is 15.1 Å². The summed E-state index contributed by atoms with van der Waals surface area (Å²) in [5.74, 6) is 0.618. The van der Waals surface area contributed by atoms with Gasteiger partial charge in [-0.15, -0.1) is 0 Å². The van der Waals surface area contributed by atoms with Crippen molar-refractivity contribution >= 4 is 52.4 Å². The molecule has 2 heterocycles. The molecule has 2 aromatic heterocycles. The van der Waals surface area contributed by atoms with Crippen molar-refractivity contribution in [2.45, 2.75) is 23.4 Å². The number of nitrogens with zero attached hydrogens (tertiary/aromatic N) is 2. The lowest BCUT2D eigenvalue weighted by Gasteiger charge is -2.10. The molecule has 0 unspecified atom stereocenters. The fourth-order valence-electron chi connectivity index (χ4n) is 1.43. The van der Waals surface area contributed by atoms with Crippen molar-refractivity contribution in [2.24, 2.45) is 0 Å². The monoisotopic (exact) mass is 347 g/mol. The van der Waals surface area contributed by atoms with Crippen molar-refractivity contribution in [1.29, 1.82) is 0 Å². The van der Waals surface area contributed by atoms with Crippen molar-refractivity contribution in [3.8, 4) is 0 Å². The van der Waals surface area contributed by atoms with Gasteiger partial charge in [0.15, 0.2) is 0 Å². The third-order valence-electron chi connectivity index (χ3n) is 2.36. The second-order valence-corrected chi connectivity index (χ2v) is 6.12. The minimum atomic E-state index is 0.476. The zero-order valence-electron chi connectivity index (χ0n) is 10.7. The number of hydrogen-bond acceptors (Lipinski definition) is 4. The zero-order chi connectivity index (χ0) is 14.5. The molecular formula is C13H12Cl3N3S. The van der Waals surface area contributed by atoms with E-state index < -0.39 is 0 Å². The summed E-state index contributed by atoms with van der Waals surface area (Å²) in [7, 11) is 0. The summed E-state index contributed by atoms with van der Waals surface area (Å²) in [5.41, 5.74) is 0.